The van der Waals surface area contributed by atoms with Gasteiger partial charge in [0.2, 0.25) is 0 Å². The Bertz CT molecular complexity index is 355. The second-order valence-corrected chi connectivity index (χ2v) is 2.68. The van der Waals surface area contributed by atoms with Crippen molar-refractivity contribution in [2.45, 2.75) is 6.61 Å². The molecule has 2 nitrogen and oxygen atoms in total. The molecule has 14 heavy (non-hydrogen) atoms. The summed E-state index contributed by atoms with van der Waals surface area (Å²) in [4.78, 5) is 10.4. The predicted molar refractivity (Wildman–Crippen MR) is 43.4 cm³/mol. The van der Waals surface area contributed by atoms with Crippen molar-refractivity contribution in [2.75, 3.05) is 0 Å². The maximum atomic E-state index is 12.9. The van der Waals surface area contributed by atoms with E-state index in [0.29, 0.717) is 0 Å². The minimum atomic E-state index is -3.21. The Kier molecular flexibility index (Phi) is 3.35. The second kappa shape index (κ2) is 4.32. The summed E-state index contributed by atoms with van der Waals surface area (Å²) in [7, 11) is 0. The van der Waals surface area contributed by atoms with Gasteiger partial charge in [0.1, 0.15) is 0 Å². The number of carbonyl (C=O) groups is 1. The van der Waals surface area contributed by atoms with Gasteiger partial charge in [0.15, 0.2) is 17.9 Å². The first-order valence-electron chi connectivity index (χ1n) is 3.44. The highest BCUT2D eigenvalue weighted by atomic mass is 35.5. The van der Waals surface area contributed by atoms with Crippen LogP contribution in [0.5, 0.6) is 5.75 Å². The third kappa shape index (κ3) is 2.17. The molecule has 76 valence electrons. The SMILES string of the molecule is O=Cc1c(Cl)ccc(F)c1OC(F)F. The van der Waals surface area contributed by atoms with Gasteiger partial charge in [-0.25, -0.2) is 4.39 Å². The van der Waals surface area contributed by atoms with E-state index >= 15 is 0 Å². The normalized spacial score (nSPS) is 10.4. The maximum absolute atomic E-state index is 12.9. The lowest BCUT2D eigenvalue weighted by Crippen LogP contribution is -2.06. The standard InChI is InChI=1S/C8H4ClF3O2/c9-5-1-2-6(10)7(4(5)3-13)14-8(11)12/h1-3,8H. The van der Waals surface area contributed by atoms with Gasteiger partial charge in [-0.05, 0) is 12.1 Å². The van der Waals surface area contributed by atoms with Crippen LogP contribution in [0.25, 0.3) is 0 Å². The number of ether oxygens (including phenoxy) is 1. The fraction of sp³-hybridized carbons (Fsp3) is 0.125. The fourth-order valence-corrected chi connectivity index (χ4v) is 1.06. The van der Waals surface area contributed by atoms with Crippen molar-refractivity contribution in [3.63, 3.8) is 0 Å². The summed E-state index contributed by atoms with van der Waals surface area (Å²) < 4.78 is 40.3. The van der Waals surface area contributed by atoms with Gasteiger partial charge in [-0.2, -0.15) is 8.78 Å². The van der Waals surface area contributed by atoms with Crippen molar-refractivity contribution in [1.29, 1.82) is 0 Å². The van der Waals surface area contributed by atoms with Gasteiger partial charge in [0, 0.05) is 0 Å². The van der Waals surface area contributed by atoms with Crippen LogP contribution in [-0.4, -0.2) is 12.9 Å². The van der Waals surface area contributed by atoms with E-state index in [1.807, 2.05) is 0 Å². The molecule has 6 heteroatoms. The van der Waals surface area contributed by atoms with Crippen molar-refractivity contribution in [3.8, 4) is 5.75 Å². The van der Waals surface area contributed by atoms with Crippen molar-refractivity contribution in [3.05, 3.63) is 28.5 Å². The predicted octanol–water partition coefficient (Wildman–Crippen LogP) is 2.89. The number of aldehydes is 1. The number of hydrogen-bond donors (Lipinski definition) is 0. The van der Waals surface area contributed by atoms with E-state index < -0.39 is 23.7 Å². The minimum absolute atomic E-state index is 0.142. The second-order valence-electron chi connectivity index (χ2n) is 2.27. The molecule has 0 saturated carbocycles. The third-order valence-electron chi connectivity index (χ3n) is 1.42. The van der Waals surface area contributed by atoms with Crippen molar-refractivity contribution < 1.29 is 22.7 Å². The molecular formula is C8H4ClF3O2. The molecule has 0 bridgehead atoms. The van der Waals surface area contributed by atoms with Gasteiger partial charge in [-0.1, -0.05) is 11.6 Å². The number of rotatable bonds is 3. The highest BCUT2D eigenvalue weighted by Gasteiger charge is 2.17. The highest BCUT2D eigenvalue weighted by molar-refractivity contribution is 6.33. The van der Waals surface area contributed by atoms with E-state index in [-0.39, 0.29) is 11.3 Å². The molecule has 0 N–H and O–H groups in total. The van der Waals surface area contributed by atoms with Gasteiger partial charge < -0.3 is 4.74 Å². The Morgan fingerprint density at radius 3 is 2.57 bits per heavy atom. The number of alkyl halides is 2. The summed E-state index contributed by atoms with van der Waals surface area (Å²) in [5.41, 5.74) is -0.424. The number of carbonyl (C=O) groups excluding carboxylic acids is 1. The topological polar surface area (TPSA) is 26.3 Å². The van der Waals surface area contributed by atoms with E-state index in [9.17, 15) is 18.0 Å². The van der Waals surface area contributed by atoms with Gasteiger partial charge in [0.05, 0.1) is 10.6 Å². The molecule has 0 aliphatic carbocycles. The Morgan fingerprint density at radius 2 is 2.07 bits per heavy atom. The molecule has 0 radical (unpaired) electrons. The zero-order valence-corrected chi connectivity index (χ0v) is 7.39. The van der Waals surface area contributed by atoms with Crippen molar-refractivity contribution in [1.82, 2.24) is 0 Å². The van der Waals surface area contributed by atoms with E-state index in [2.05, 4.69) is 4.74 Å². The van der Waals surface area contributed by atoms with Crippen LogP contribution in [-0.2, 0) is 0 Å². The maximum Gasteiger partial charge on any atom is 0.387 e. The number of hydrogen-bond acceptors (Lipinski definition) is 2. The summed E-state index contributed by atoms with van der Waals surface area (Å²) in [6.07, 6.45) is 0.156. The summed E-state index contributed by atoms with van der Waals surface area (Å²) in [5.74, 6) is -1.89. The summed E-state index contributed by atoms with van der Waals surface area (Å²) in [5, 5.41) is -0.142. The lowest BCUT2D eigenvalue weighted by molar-refractivity contribution is -0.0524. The smallest absolute Gasteiger partial charge is 0.387 e. The first kappa shape index (κ1) is 10.8. The van der Waals surface area contributed by atoms with Crippen molar-refractivity contribution in [2.24, 2.45) is 0 Å². The summed E-state index contributed by atoms with van der Waals surface area (Å²) in [6, 6.07) is 1.92. The molecule has 0 atom stereocenters. The van der Waals surface area contributed by atoms with Gasteiger partial charge in [-0.3, -0.25) is 4.79 Å². The molecule has 0 fully saturated rings. The number of halogens is 4. The van der Waals surface area contributed by atoms with E-state index in [1.54, 1.807) is 0 Å². The zero-order chi connectivity index (χ0) is 10.7. The average molecular weight is 225 g/mol. The molecule has 1 aromatic rings. The highest BCUT2D eigenvalue weighted by Crippen LogP contribution is 2.29. The molecule has 0 aliphatic heterocycles. The van der Waals surface area contributed by atoms with Crippen LogP contribution in [0.3, 0.4) is 0 Å². The van der Waals surface area contributed by atoms with Crippen molar-refractivity contribution >= 4 is 17.9 Å². The molecule has 0 spiro atoms. The summed E-state index contributed by atoms with van der Waals surface area (Å²) >= 11 is 5.46. The Hall–Kier alpha value is -1.23. The molecule has 0 amide bonds. The van der Waals surface area contributed by atoms with Gasteiger partial charge >= 0.3 is 6.61 Å². The van der Waals surface area contributed by atoms with Crippen LogP contribution >= 0.6 is 11.6 Å². The molecule has 1 rings (SSSR count). The average Bonchev–Trinajstić information content (AvgIpc) is 2.11. The van der Waals surface area contributed by atoms with E-state index in [4.69, 9.17) is 11.6 Å². The van der Waals surface area contributed by atoms with Crippen LogP contribution in [0.2, 0.25) is 5.02 Å². The molecule has 0 unspecified atom stereocenters. The van der Waals surface area contributed by atoms with Gasteiger partial charge in [-0.15, -0.1) is 0 Å². The Labute approximate surface area is 82.2 Å². The van der Waals surface area contributed by atoms with Crippen LogP contribution in [0, 0.1) is 5.82 Å². The molecule has 0 aliphatic rings. The molecular weight excluding hydrogens is 221 g/mol. The monoisotopic (exact) mass is 224 g/mol. The third-order valence-corrected chi connectivity index (χ3v) is 1.75. The quantitative estimate of drug-likeness (QED) is 0.738. The largest absolute Gasteiger partial charge is 0.431 e. The summed E-state index contributed by atoms with van der Waals surface area (Å²) in [6.45, 7) is -3.21. The first-order valence-corrected chi connectivity index (χ1v) is 3.82. The number of benzene rings is 1. The lowest BCUT2D eigenvalue weighted by Gasteiger charge is -2.08. The van der Waals surface area contributed by atoms with Crippen LogP contribution < -0.4 is 4.74 Å². The van der Waals surface area contributed by atoms with Gasteiger partial charge in [0.25, 0.3) is 0 Å². The molecule has 0 saturated heterocycles. The Balaban J connectivity index is 3.22. The van der Waals surface area contributed by atoms with E-state index in [0.717, 1.165) is 12.1 Å². The lowest BCUT2D eigenvalue weighted by atomic mass is 10.2. The van der Waals surface area contributed by atoms with Crippen LogP contribution in [0.15, 0.2) is 12.1 Å². The molecule has 0 heterocycles. The first-order chi connectivity index (χ1) is 6.56. The van der Waals surface area contributed by atoms with E-state index in [1.165, 1.54) is 0 Å². The minimum Gasteiger partial charge on any atom is -0.431 e. The van der Waals surface area contributed by atoms with Crippen LogP contribution in [0.1, 0.15) is 10.4 Å². The zero-order valence-electron chi connectivity index (χ0n) is 6.64. The molecule has 0 aromatic heterocycles. The van der Waals surface area contributed by atoms with Crippen LogP contribution in [0.4, 0.5) is 13.2 Å². The Morgan fingerprint density at radius 1 is 1.43 bits per heavy atom. The fourth-order valence-electron chi connectivity index (χ4n) is 0.868. The molecule has 1 aromatic carbocycles.